The van der Waals surface area contributed by atoms with Crippen LogP contribution in [0.3, 0.4) is 0 Å². The molecule has 1 atom stereocenters. The molecule has 1 unspecified atom stereocenters. The minimum atomic E-state index is -3.03. The third-order valence-corrected chi connectivity index (χ3v) is 6.79. The number of carbonyl (C=O) groups is 1. The minimum Gasteiger partial charge on any atom is -0.349 e. The number of hydrogen-bond acceptors (Lipinski definition) is 4. The maximum atomic E-state index is 12.3. The number of amides is 1. The summed E-state index contributed by atoms with van der Waals surface area (Å²) in [6, 6.07) is 19.5. The molecule has 154 valence electrons. The highest BCUT2D eigenvalue weighted by Gasteiger charge is 2.28. The molecule has 0 aliphatic carbocycles. The van der Waals surface area contributed by atoms with E-state index in [0.717, 1.165) is 22.4 Å². The molecule has 1 fully saturated rings. The van der Waals surface area contributed by atoms with Gasteiger partial charge in [0.2, 0.25) is 5.91 Å². The highest BCUT2D eigenvalue weighted by molar-refractivity contribution is 7.91. The lowest BCUT2D eigenvalue weighted by molar-refractivity contribution is -0.116. The van der Waals surface area contributed by atoms with Gasteiger partial charge < -0.3 is 5.32 Å². The highest BCUT2D eigenvalue weighted by Crippen LogP contribution is 2.23. The number of benzene rings is 2. The zero-order valence-electron chi connectivity index (χ0n) is 16.4. The zero-order valence-corrected chi connectivity index (χ0v) is 17.3. The minimum absolute atomic E-state index is 0.0108. The summed E-state index contributed by atoms with van der Waals surface area (Å²) in [5, 5.41) is 7.51. The smallest absolute Gasteiger partial charge is 0.244 e. The number of hydrogen-bond donors (Lipinski definition) is 1. The van der Waals surface area contributed by atoms with E-state index < -0.39 is 9.84 Å². The normalized spacial score (nSPS) is 17.9. The number of nitrogens with one attached hydrogen (secondary N) is 1. The molecule has 1 aliphatic rings. The molecule has 7 heteroatoms. The Morgan fingerprint density at radius 3 is 2.47 bits per heavy atom. The van der Waals surface area contributed by atoms with Crippen LogP contribution in [0.5, 0.6) is 0 Å². The van der Waals surface area contributed by atoms with Gasteiger partial charge in [-0.2, -0.15) is 5.10 Å². The first kappa shape index (κ1) is 20.1. The summed E-state index contributed by atoms with van der Waals surface area (Å²) in [4.78, 5) is 12.3. The third-order valence-electron chi connectivity index (χ3n) is 5.02. The second-order valence-corrected chi connectivity index (χ2v) is 9.65. The van der Waals surface area contributed by atoms with Crippen LogP contribution in [0.1, 0.15) is 17.5 Å². The van der Waals surface area contributed by atoms with E-state index in [1.807, 2.05) is 71.5 Å². The Morgan fingerprint density at radius 1 is 1.10 bits per heavy atom. The quantitative estimate of drug-likeness (QED) is 0.621. The van der Waals surface area contributed by atoms with E-state index in [1.165, 1.54) is 6.08 Å². The molecule has 0 saturated carbocycles. The summed E-state index contributed by atoms with van der Waals surface area (Å²) in [7, 11) is -3.03. The fraction of sp³-hybridized carbons (Fsp3) is 0.217. The Labute approximate surface area is 176 Å². The van der Waals surface area contributed by atoms with Crippen molar-refractivity contribution in [3.05, 3.63) is 84.1 Å². The van der Waals surface area contributed by atoms with Gasteiger partial charge in [0.15, 0.2) is 9.84 Å². The molecular weight excluding hydrogens is 398 g/mol. The molecule has 0 bridgehead atoms. The summed E-state index contributed by atoms with van der Waals surface area (Å²) in [6.45, 7) is 0.626. The van der Waals surface area contributed by atoms with Crippen molar-refractivity contribution >= 4 is 21.8 Å². The lowest BCUT2D eigenvalue weighted by Crippen LogP contribution is -2.34. The number of nitrogens with zero attached hydrogens (tertiary/aromatic N) is 2. The second-order valence-electron chi connectivity index (χ2n) is 7.42. The fourth-order valence-electron chi connectivity index (χ4n) is 3.55. The standard InChI is InChI=1S/C23H23N3O3S/c27-22(24-21-13-14-30(28,29)17-21)12-11-20-16-26(15-18-7-3-1-4-8-18)25-23(20)19-9-5-2-6-10-19/h1-12,16,21H,13-15,17H2,(H,24,27)/b12-11+. The summed E-state index contributed by atoms with van der Waals surface area (Å²) in [5.74, 6) is -0.157. The SMILES string of the molecule is O=C(/C=C/c1cn(Cc2ccccc2)nc1-c1ccccc1)NC1CCS(=O)(=O)C1. The largest absolute Gasteiger partial charge is 0.349 e. The van der Waals surface area contributed by atoms with Gasteiger partial charge in [0.1, 0.15) is 0 Å². The predicted octanol–water partition coefficient (Wildman–Crippen LogP) is 2.91. The van der Waals surface area contributed by atoms with Gasteiger partial charge in [-0.05, 0) is 18.1 Å². The first-order chi connectivity index (χ1) is 14.5. The Kier molecular flexibility index (Phi) is 5.81. The van der Waals surface area contributed by atoms with Crippen LogP contribution in [0.2, 0.25) is 0 Å². The molecule has 2 heterocycles. The van der Waals surface area contributed by atoms with Crippen LogP contribution in [-0.4, -0.2) is 41.7 Å². The molecule has 1 aliphatic heterocycles. The van der Waals surface area contributed by atoms with Crippen molar-refractivity contribution in [2.75, 3.05) is 11.5 Å². The highest BCUT2D eigenvalue weighted by atomic mass is 32.2. The van der Waals surface area contributed by atoms with Gasteiger partial charge in [-0.15, -0.1) is 0 Å². The van der Waals surface area contributed by atoms with Gasteiger partial charge in [0.25, 0.3) is 0 Å². The van der Waals surface area contributed by atoms with E-state index in [2.05, 4.69) is 5.32 Å². The van der Waals surface area contributed by atoms with Crippen LogP contribution in [-0.2, 0) is 21.2 Å². The summed E-state index contributed by atoms with van der Waals surface area (Å²) in [5.41, 5.74) is 3.71. The van der Waals surface area contributed by atoms with Gasteiger partial charge >= 0.3 is 0 Å². The predicted molar refractivity (Wildman–Crippen MR) is 117 cm³/mol. The van der Waals surface area contributed by atoms with Crippen molar-refractivity contribution in [2.45, 2.75) is 19.0 Å². The summed E-state index contributed by atoms with van der Waals surface area (Å²) < 4.78 is 25.0. The first-order valence-corrected chi connectivity index (χ1v) is 11.7. The van der Waals surface area contributed by atoms with E-state index in [9.17, 15) is 13.2 Å². The monoisotopic (exact) mass is 421 g/mol. The average Bonchev–Trinajstić information content (AvgIpc) is 3.30. The van der Waals surface area contributed by atoms with E-state index in [0.29, 0.717) is 13.0 Å². The lowest BCUT2D eigenvalue weighted by Gasteiger charge is -2.07. The Balaban J connectivity index is 1.54. The molecule has 2 aromatic carbocycles. The van der Waals surface area contributed by atoms with E-state index in [1.54, 1.807) is 6.08 Å². The maximum absolute atomic E-state index is 12.3. The van der Waals surface area contributed by atoms with Crippen molar-refractivity contribution in [2.24, 2.45) is 0 Å². The van der Waals surface area contributed by atoms with Crippen LogP contribution in [0.4, 0.5) is 0 Å². The van der Waals surface area contributed by atoms with Crippen molar-refractivity contribution < 1.29 is 13.2 Å². The number of sulfone groups is 1. The van der Waals surface area contributed by atoms with Crippen molar-refractivity contribution in [1.82, 2.24) is 15.1 Å². The van der Waals surface area contributed by atoms with Gasteiger partial charge in [-0.3, -0.25) is 9.48 Å². The molecule has 1 N–H and O–H groups in total. The Hall–Kier alpha value is -3.19. The van der Waals surface area contributed by atoms with Gasteiger partial charge in [0, 0.05) is 29.4 Å². The molecule has 0 spiro atoms. The van der Waals surface area contributed by atoms with Crippen molar-refractivity contribution in [3.8, 4) is 11.3 Å². The first-order valence-electron chi connectivity index (χ1n) is 9.84. The third kappa shape index (κ3) is 5.04. The van der Waals surface area contributed by atoms with Crippen LogP contribution in [0.15, 0.2) is 72.9 Å². The number of carbonyl (C=O) groups excluding carboxylic acids is 1. The molecule has 1 saturated heterocycles. The van der Waals surface area contributed by atoms with Gasteiger partial charge in [0.05, 0.1) is 23.7 Å². The molecule has 1 amide bonds. The van der Waals surface area contributed by atoms with E-state index in [4.69, 9.17) is 5.10 Å². The maximum Gasteiger partial charge on any atom is 0.244 e. The number of rotatable bonds is 6. The summed E-state index contributed by atoms with van der Waals surface area (Å²) in [6.07, 6.45) is 5.56. The Morgan fingerprint density at radius 2 is 1.80 bits per heavy atom. The second kappa shape index (κ2) is 8.67. The van der Waals surface area contributed by atoms with Crippen LogP contribution < -0.4 is 5.32 Å². The van der Waals surface area contributed by atoms with Crippen LogP contribution in [0.25, 0.3) is 17.3 Å². The summed E-state index contributed by atoms with van der Waals surface area (Å²) >= 11 is 0. The van der Waals surface area contributed by atoms with Crippen molar-refractivity contribution in [3.63, 3.8) is 0 Å². The number of aromatic nitrogens is 2. The van der Waals surface area contributed by atoms with Gasteiger partial charge in [-0.1, -0.05) is 60.7 Å². The van der Waals surface area contributed by atoms with Crippen LogP contribution >= 0.6 is 0 Å². The molecule has 6 nitrogen and oxygen atoms in total. The van der Waals surface area contributed by atoms with Gasteiger partial charge in [-0.25, -0.2) is 8.42 Å². The topological polar surface area (TPSA) is 81.1 Å². The molecular formula is C23H23N3O3S. The van der Waals surface area contributed by atoms with Crippen molar-refractivity contribution in [1.29, 1.82) is 0 Å². The molecule has 0 radical (unpaired) electrons. The molecule has 3 aromatic rings. The average molecular weight is 422 g/mol. The molecule has 1 aromatic heterocycles. The Bertz CT molecular complexity index is 1150. The lowest BCUT2D eigenvalue weighted by atomic mass is 10.1. The fourth-order valence-corrected chi connectivity index (χ4v) is 5.23. The zero-order chi connectivity index (χ0) is 21.0. The molecule has 30 heavy (non-hydrogen) atoms. The molecule has 4 rings (SSSR count). The van der Waals surface area contributed by atoms with E-state index in [-0.39, 0.29) is 23.5 Å². The van der Waals surface area contributed by atoms with Crippen LogP contribution in [0, 0.1) is 0 Å². The van der Waals surface area contributed by atoms with E-state index >= 15 is 0 Å².